The normalized spacial score (nSPS) is 11.5. The number of halogens is 1. The van der Waals surface area contributed by atoms with E-state index in [4.69, 9.17) is 14.2 Å². The van der Waals surface area contributed by atoms with Crippen LogP contribution in [0.15, 0.2) is 46.9 Å². The van der Waals surface area contributed by atoms with Crippen LogP contribution in [0.5, 0.6) is 17.2 Å². The SMILES string of the molecule is CCOc1ccc(CNC(=O)C(C)Oc2ccc(Br)cc2)cc1OCC. The van der Waals surface area contributed by atoms with Crippen molar-refractivity contribution >= 4 is 21.8 Å². The molecule has 6 heteroatoms. The molecule has 0 aliphatic carbocycles. The van der Waals surface area contributed by atoms with Crippen molar-refractivity contribution in [3.8, 4) is 17.2 Å². The van der Waals surface area contributed by atoms with Gasteiger partial charge >= 0.3 is 0 Å². The molecule has 1 N–H and O–H groups in total. The molecule has 1 unspecified atom stereocenters. The van der Waals surface area contributed by atoms with E-state index < -0.39 is 6.10 Å². The first kappa shape index (κ1) is 20.1. The predicted octanol–water partition coefficient (Wildman–Crippen LogP) is 4.33. The van der Waals surface area contributed by atoms with Gasteiger partial charge in [-0.1, -0.05) is 22.0 Å². The quantitative estimate of drug-likeness (QED) is 0.654. The molecule has 0 saturated carbocycles. The van der Waals surface area contributed by atoms with Crippen LogP contribution in [0.4, 0.5) is 0 Å². The number of amides is 1. The zero-order valence-corrected chi connectivity index (χ0v) is 16.8. The van der Waals surface area contributed by atoms with Gasteiger partial charge in [0.1, 0.15) is 5.75 Å². The van der Waals surface area contributed by atoms with E-state index >= 15 is 0 Å². The number of carbonyl (C=O) groups is 1. The molecule has 2 aromatic carbocycles. The van der Waals surface area contributed by atoms with Gasteiger partial charge in [0.2, 0.25) is 0 Å². The first-order chi connectivity index (χ1) is 12.5. The summed E-state index contributed by atoms with van der Waals surface area (Å²) in [5, 5.41) is 2.88. The number of ether oxygens (including phenoxy) is 3. The highest BCUT2D eigenvalue weighted by molar-refractivity contribution is 9.10. The molecule has 26 heavy (non-hydrogen) atoms. The van der Waals surface area contributed by atoms with Crippen molar-refractivity contribution in [2.75, 3.05) is 13.2 Å². The van der Waals surface area contributed by atoms with Gasteiger partial charge in [-0.3, -0.25) is 4.79 Å². The van der Waals surface area contributed by atoms with Crippen molar-refractivity contribution < 1.29 is 19.0 Å². The molecule has 0 radical (unpaired) electrons. The standard InChI is InChI=1S/C20H24BrNO4/c1-4-24-18-11-6-15(12-19(18)25-5-2)13-22-20(23)14(3)26-17-9-7-16(21)8-10-17/h6-12,14H,4-5,13H2,1-3H3,(H,22,23). The molecule has 0 bridgehead atoms. The van der Waals surface area contributed by atoms with Gasteiger partial charge in [0.25, 0.3) is 5.91 Å². The fraction of sp³-hybridized carbons (Fsp3) is 0.350. The Bertz CT molecular complexity index is 718. The van der Waals surface area contributed by atoms with Gasteiger partial charge in [0, 0.05) is 11.0 Å². The zero-order valence-electron chi connectivity index (χ0n) is 15.3. The maximum absolute atomic E-state index is 12.3. The molecule has 0 fully saturated rings. The summed E-state index contributed by atoms with van der Waals surface area (Å²) < 4.78 is 17.8. The third-order valence-corrected chi connectivity index (χ3v) is 4.10. The molecular formula is C20H24BrNO4. The molecular weight excluding hydrogens is 398 g/mol. The first-order valence-corrected chi connectivity index (χ1v) is 9.41. The number of rotatable bonds is 9. The molecule has 2 rings (SSSR count). The van der Waals surface area contributed by atoms with E-state index in [0.29, 0.717) is 37.0 Å². The van der Waals surface area contributed by atoms with Gasteiger partial charge in [-0.25, -0.2) is 0 Å². The largest absolute Gasteiger partial charge is 0.490 e. The second kappa shape index (κ2) is 10.1. The lowest BCUT2D eigenvalue weighted by atomic mass is 10.2. The Morgan fingerprint density at radius 3 is 2.35 bits per heavy atom. The topological polar surface area (TPSA) is 56.8 Å². The minimum Gasteiger partial charge on any atom is -0.490 e. The lowest BCUT2D eigenvalue weighted by Crippen LogP contribution is -2.35. The summed E-state index contributed by atoms with van der Waals surface area (Å²) in [7, 11) is 0. The smallest absolute Gasteiger partial charge is 0.261 e. The molecule has 0 aromatic heterocycles. The van der Waals surface area contributed by atoms with Crippen molar-refractivity contribution in [3.63, 3.8) is 0 Å². The van der Waals surface area contributed by atoms with Crippen LogP contribution in [0.3, 0.4) is 0 Å². The summed E-state index contributed by atoms with van der Waals surface area (Å²) in [6, 6.07) is 13.0. The Morgan fingerprint density at radius 1 is 1.04 bits per heavy atom. The summed E-state index contributed by atoms with van der Waals surface area (Å²) in [6.07, 6.45) is -0.592. The molecule has 1 amide bonds. The number of hydrogen-bond donors (Lipinski definition) is 1. The van der Waals surface area contributed by atoms with Crippen molar-refractivity contribution in [1.82, 2.24) is 5.32 Å². The zero-order chi connectivity index (χ0) is 18.9. The van der Waals surface area contributed by atoms with Gasteiger partial charge in [-0.05, 0) is 62.7 Å². The van der Waals surface area contributed by atoms with Crippen LogP contribution in [0.2, 0.25) is 0 Å². The summed E-state index contributed by atoms with van der Waals surface area (Å²) in [6.45, 7) is 7.08. The Labute approximate surface area is 162 Å². The van der Waals surface area contributed by atoms with E-state index in [0.717, 1.165) is 10.0 Å². The molecule has 0 saturated heterocycles. The molecule has 0 aliphatic rings. The second-order valence-electron chi connectivity index (χ2n) is 5.58. The molecule has 5 nitrogen and oxygen atoms in total. The van der Waals surface area contributed by atoms with Crippen LogP contribution < -0.4 is 19.5 Å². The van der Waals surface area contributed by atoms with Crippen LogP contribution in [0.25, 0.3) is 0 Å². The van der Waals surface area contributed by atoms with E-state index in [1.54, 1.807) is 6.92 Å². The Hall–Kier alpha value is -2.21. The Balaban J connectivity index is 1.93. The fourth-order valence-corrected chi connectivity index (χ4v) is 2.57. The first-order valence-electron chi connectivity index (χ1n) is 8.62. The van der Waals surface area contributed by atoms with Gasteiger partial charge in [-0.15, -0.1) is 0 Å². The van der Waals surface area contributed by atoms with Crippen LogP contribution in [0, 0.1) is 0 Å². The Morgan fingerprint density at radius 2 is 1.69 bits per heavy atom. The van der Waals surface area contributed by atoms with E-state index in [-0.39, 0.29) is 5.91 Å². The maximum Gasteiger partial charge on any atom is 0.261 e. The number of benzene rings is 2. The lowest BCUT2D eigenvalue weighted by Gasteiger charge is -2.16. The molecule has 140 valence electrons. The van der Waals surface area contributed by atoms with Crippen LogP contribution in [0.1, 0.15) is 26.3 Å². The number of nitrogens with one attached hydrogen (secondary N) is 1. The molecule has 0 spiro atoms. The minimum absolute atomic E-state index is 0.181. The fourth-order valence-electron chi connectivity index (χ4n) is 2.31. The van der Waals surface area contributed by atoms with Crippen LogP contribution >= 0.6 is 15.9 Å². The maximum atomic E-state index is 12.3. The van der Waals surface area contributed by atoms with Gasteiger partial charge in [0.05, 0.1) is 13.2 Å². The summed E-state index contributed by atoms with van der Waals surface area (Å²) in [5.41, 5.74) is 0.932. The third kappa shape index (κ3) is 5.95. The van der Waals surface area contributed by atoms with E-state index in [2.05, 4.69) is 21.2 Å². The van der Waals surface area contributed by atoms with Crippen molar-refractivity contribution in [2.45, 2.75) is 33.4 Å². The highest BCUT2D eigenvalue weighted by Crippen LogP contribution is 2.28. The van der Waals surface area contributed by atoms with Crippen LogP contribution in [-0.2, 0) is 11.3 Å². The minimum atomic E-state index is -0.592. The summed E-state index contributed by atoms with van der Waals surface area (Å²) in [4.78, 5) is 12.3. The average Bonchev–Trinajstić information content (AvgIpc) is 2.63. The van der Waals surface area contributed by atoms with Crippen LogP contribution in [-0.4, -0.2) is 25.2 Å². The van der Waals surface area contributed by atoms with Gasteiger partial charge in [0.15, 0.2) is 17.6 Å². The van der Waals surface area contributed by atoms with Crippen molar-refractivity contribution in [3.05, 3.63) is 52.5 Å². The van der Waals surface area contributed by atoms with Gasteiger partial charge in [-0.2, -0.15) is 0 Å². The van der Waals surface area contributed by atoms with E-state index in [1.807, 2.05) is 56.3 Å². The average molecular weight is 422 g/mol. The highest BCUT2D eigenvalue weighted by atomic mass is 79.9. The predicted molar refractivity (Wildman–Crippen MR) is 105 cm³/mol. The monoisotopic (exact) mass is 421 g/mol. The Kier molecular flexibility index (Phi) is 7.78. The third-order valence-electron chi connectivity index (χ3n) is 3.57. The molecule has 0 heterocycles. The molecule has 2 aromatic rings. The summed E-state index contributed by atoms with van der Waals surface area (Å²) >= 11 is 3.37. The second-order valence-corrected chi connectivity index (χ2v) is 6.49. The molecule has 1 atom stereocenters. The van der Waals surface area contributed by atoms with Crippen molar-refractivity contribution in [2.24, 2.45) is 0 Å². The lowest BCUT2D eigenvalue weighted by molar-refractivity contribution is -0.127. The number of carbonyl (C=O) groups excluding carboxylic acids is 1. The molecule has 0 aliphatic heterocycles. The number of hydrogen-bond acceptors (Lipinski definition) is 4. The van der Waals surface area contributed by atoms with E-state index in [1.165, 1.54) is 0 Å². The highest BCUT2D eigenvalue weighted by Gasteiger charge is 2.15. The summed E-state index contributed by atoms with van der Waals surface area (Å²) in [5.74, 6) is 1.85. The van der Waals surface area contributed by atoms with Gasteiger partial charge < -0.3 is 19.5 Å². The van der Waals surface area contributed by atoms with Crippen molar-refractivity contribution in [1.29, 1.82) is 0 Å². The van der Waals surface area contributed by atoms with E-state index in [9.17, 15) is 4.79 Å².